The Bertz CT molecular complexity index is 3060. The first-order valence-electron chi connectivity index (χ1n) is 30.2. The molecule has 0 atom stereocenters. The summed E-state index contributed by atoms with van der Waals surface area (Å²) in [5.41, 5.74) is 10.7. The van der Waals surface area contributed by atoms with Crippen LogP contribution in [0.15, 0.2) is 127 Å². The molecule has 0 amide bonds. The highest BCUT2D eigenvalue weighted by molar-refractivity contribution is 7.24. The topological polar surface area (TPSA) is 101 Å². The molecule has 7 aromatic rings. The molecular weight excluding hydrogens is 1040 g/mol. The van der Waals surface area contributed by atoms with E-state index in [1.54, 1.807) is 17.4 Å². The van der Waals surface area contributed by atoms with Crippen molar-refractivity contribution in [3.8, 4) is 71.5 Å². The van der Waals surface area contributed by atoms with Gasteiger partial charge in [0.05, 0.1) is 26.4 Å². The number of nitrogens with zero attached hydrogens (tertiary/aromatic N) is 2. The Morgan fingerprint density at radius 3 is 1.36 bits per heavy atom. The minimum absolute atomic E-state index is 0.172. The number of hydrogen-bond donors (Lipinski definition) is 1. The third kappa shape index (κ3) is 15.0. The number of aliphatic carboxylic acids is 1. The maximum atomic E-state index is 12.0. The van der Waals surface area contributed by atoms with Gasteiger partial charge in [0.15, 0.2) is 0 Å². The molecule has 426 valence electrons. The molecule has 0 aliphatic heterocycles. The smallest absolute Gasteiger partial charge is 0.346 e. The van der Waals surface area contributed by atoms with Crippen LogP contribution >= 0.6 is 22.7 Å². The molecule has 0 fully saturated rings. The van der Waals surface area contributed by atoms with Gasteiger partial charge in [-0.1, -0.05) is 155 Å². The summed E-state index contributed by atoms with van der Waals surface area (Å²) in [5.74, 6) is 2.11. The number of benzene rings is 5. The average Bonchev–Trinajstić information content (AvgIpc) is 4.22. The molecule has 0 saturated heterocycles. The number of carboxylic acid groups (broad SMARTS) is 1. The number of thiophene rings is 2. The van der Waals surface area contributed by atoms with Crippen LogP contribution in [0.2, 0.25) is 0 Å². The van der Waals surface area contributed by atoms with Crippen LogP contribution in [0.5, 0.6) is 23.0 Å². The number of carboxylic acids is 1. The fraction of sp³-hybridized carbons (Fsp3) is 0.408. The number of carbonyl (C=O) groups is 1. The normalized spacial score (nSPS) is 12.4. The first-order chi connectivity index (χ1) is 39.7. The lowest BCUT2D eigenvalue weighted by Crippen LogP contribution is -2.25. The van der Waals surface area contributed by atoms with Crippen molar-refractivity contribution in [3.63, 3.8) is 0 Å². The van der Waals surface area contributed by atoms with E-state index in [4.69, 9.17) is 18.9 Å². The predicted octanol–water partition coefficient (Wildman–Crippen LogP) is 21.2. The molecule has 0 bridgehead atoms. The third-order valence-electron chi connectivity index (χ3n) is 15.5. The molecule has 10 heteroatoms. The van der Waals surface area contributed by atoms with E-state index in [9.17, 15) is 15.2 Å². The molecule has 1 aliphatic carbocycles. The van der Waals surface area contributed by atoms with Gasteiger partial charge in [-0.05, 0) is 145 Å². The van der Waals surface area contributed by atoms with Gasteiger partial charge in [-0.3, -0.25) is 0 Å². The zero-order valence-corrected chi connectivity index (χ0v) is 50.5. The Hall–Kier alpha value is -6.80. The number of anilines is 3. The van der Waals surface area contributed by atoms with Gasteiger partial charge in [-0.15, -0.1) is 22.7 Å². The molecule has 2 aromatic heterocycles. The SMILES string of the molecule is CCCCCCC1(CCCCCC)c2cc(/C=C(\C#N)C(=O)O)sc2-c2sc(-c3ccc(N(c4ccc(-c5ccc(OCCCC)cc5OCCCC)cc4)c4ccc(-c5ccc(OCCCC)cc5OCCCC)cc4)cc3)cc21. The van der Waals surface area contributed by atoms with Crippen LogP contribution < -0.4 is 23.8 Å². The lowest BCUT2D eigenvalue weighted by atomic mass is 9.71. The summed E-state index contributed by atoms with van der Waals surface area (Å²) < 4.78 is 25.2. The van der Waals surface area contributed by atoms with Crippen LogP contribution in [0.25, 0.3) is 48.5 Å². The lowest BCUT2D eigenvalue weighted by Gasteiger charge is -2.31. The summed E-state index contributed by atoms with van der Waals surface area (Å²) in [5, 5.41) is 19.6. The molecule has 81 heavy (non-hydrogen) atoms. The maximum Gasteiger partial charge on any atom is 0.346 e. The van der Waals surface area contributed by atoms with Gasteiger partial charge >= 0.3 is 5.97 Å². The summed E-state index contributed by atoms with van der Waals surface area (Å²) in [7, 11) is 0. The number of ether oxygens (including phenoxy) is 4. The highest BCUT2D eigenvalue weighted by Crippen LogP contribution is 2.61. The second-order valence-corrected chi connectivity index (χ2v) is 23.7. The zero-order valence-electron chi connectivity index (χ0n) is 48.9. The Labute approximate surface area is 491 Å². The van der Waals surface area contributed by atoms with E-state index in [-0.39, 0.29) is 11.0 Å². The van der Waals surface area contributed by atoms with Crippen LogP contribution in [0, 0.1) is 11.3 Å². The minimum atomic E-state index is -1.19. The van der Waals surface area contributed by atoms with E-state index in [0.717, 1.165) is 150 Å². The highest BCUT2D eigenvalue weighted by Gasteiger charge is 2.45. The van der Waals surface area contributed by atoms with Crippen molar-refractivity contribution in [2.45, 2.75) is 163 Å². The maximum absolute atomic E-state index is 12.0. The number of nitriles is 1. The molecule has 0 saturated carbocycles. The van der Waals surface area contributed by atoms with Gasteiger partial charge in [0.25, 0.3) is 0 Å². The van der Waals surface area contributed by atoms with E-state index < -0.39 is 5.97 Å². The predicted molar refractivity (Wildman–Crippen MR) is 340 cm³/mol. The van der Waals surface area contributed by atoms with Crippen LogP contribution in [0.3, 0.4) is 0 Å². The Morgan fingerprint density at radius 2 is 0.926 bits per heavy atom. The molecule has 8 nitrogen and oxygen atoms in total. The summed E-state index contributed by atoms with van der Waals surface area (Å²) in [6.07, 6.45) is 21.2. The number of hydrogen-bond acceptors (Lipinski definition) is 9. The van der Waals surface area contributed by atoms with Crippen molar-refractivity contribution in [2.24, 2.45) is 0 Å². The molecule has 8 rings (SSSR count). The van der Waals surface area contributed by atoms with Crippen LogP contribution in [0.1, 0.15) is 173 Å². The van der Waals surface area contributed by atoms with E-state index in [2.05, 4.69) is 156 Å². The van der Waals surface area contributed by atoms with Gasteiger partial charge in [0.1, 0.15) is 34.6 Å². The first-order valence-corrected chi connectivity index (χ1v) is 31.9. The highest BCUT2D eigenvalue weighted by atomic mass is 32.1. The fourth-order valence-electron chi connectivity index (χ4n) is 10.9. The second kappa shape index (κ2) is 30.3. The molecule has 2 heterocycles. The van der Waals surface area contributed by atoms with Crippen molar-refractivity contribution < 1.29 is 28.8 Å². The number of unbranched alkanes of at least 4 members (excludes halogenated alkanes) is 10. The first kappa shape index (κ1) is 60.3. The van der Waals surface area contributed by atoms with Gasteiger partial charge in [-0.25, -0.2) is 4.79 Å². The number of rotatable bonds is 34. The molecule has 5 aromatic carbocycles. The summed E-state index contributed by atoms with van der Waals surface area (Å²) >= 11 is 3.47. The summed E-state index contributed by atoms with van der Waals surface area (Å²) in [6.45, 7) is 15.9. The Kier molecular flexibility index (Phi) is 22.6. The molecule has 0 radical (unpaired) electrons. The van der Waals surface area contributed by atoms with Gasteiger partial charge in [0, 0.05) is 65.2 Å². The fourth-order valence-corrected chi connectivity index (χ4v) is 13.5. The van der Waals surface area contributed by atoms with Gasteiger partial charge in [-0.2, -0.15) is 5.26 Å². The van der Waals surface area contributed by atoms with E-state index in [1.807, 2.05) is 29.5 Å². The quantitative estimate of drug-likeness (QED) is 0.0242. The lowest BCUT2D eigenvalue weighted by molar-refractivity contribution is -0.132. The van der Waals surface area contributed by atoms with Crippen molar-refractivity contribution >= 4 is 51.8 Å². The van der Waals surface area contributed by atoms with Crippen molar-refractivity contribution in [3.05, 3.63) is 143 Å². The van der Waals surface area contributed by atoms with Crippen molar-refractivity contribution in [2.75, 3.05) is 31.3 Å². The largest absolute Gasteiger partial charge is 0.493 e. The second-order valence-electron chi connectivity index (χ2n) is 21.5. The van der Waals surface area contributed by atoms with Crippen molar-refractivity contribution in [1.82, 2.24) is 0 Å². The standard InChI is InChI=1S/C71H84N2O6S2/c1-7-13-19-21-39-71(40-22-20-14-8-2)63-48-60(45-54(50-72)70(74)75)80-68(63)69-64(71)49-67(81-69)53-27-33-57(34-28-53)73(55-29-23-51(24-30-55)61-37-35-58(76-41-15-9-3)46-65(61)78-43-17-11-5)56-31-25-52(26-32-56)62-38-36-59(77-42-16-10-4)47-66(62)79-44-18-12-6/h23-38,45-49H,7-22,39-44H2,1-6H3,(H,74,75)/b54-45+. The average molecular weight is 1130 g/mol. The molecule has 1 N–H and O–H groups in total. The monoisotopic (exact) mass is 1120 g/mol. The third-order valence-corrected chi connectivity index (χ3v) is 17.9. The Balaban J connectivity index is 1.18. The van der Waals surface area contributed by atoms with E-state index in [0.29, 0.717) is 26.4 Å². The van der Waals surface area contributed by atoms with E-state index in [1.165, 1.54) is 64.3 Å². The summed E-state index contributed by atoms with van der Waals surface area (Å²) in [4.78, 5) is 18.9. The van der Waals surface area contributed by atoms with Crippen molar-refractivity contribution in [1.29, 1.82) is 5.26 Å². The van der Waals surface area contributed by atoms with E-state index >= 15 is 0 Å². The van der Waals surface area contributed by atoms with Crippen LogP contribution in [0.4, 0.5) is 17.1 Å². The molecule has 0 unspecified atom stereocenters. The van der Waals surface area contributed by atoms with Crippen LogP contribution in [-0.2, 0) is 10.2 Å². The molecule has 0 spiro atoms. The minimum Gasteiger partial charge on any atom is -0.493 e. The molecular formula is C71H84N2O6S2. The summed E-state index contributed by atoms with van der Waals surface area (Å²) in [6, 6.07) is 45.7. The zero-order chi connectivity index (χ0) is 57.0. The number of fused-ring (bicyclic) bond motifs is 3. The van der Waals surface area contributed by atoms with Gasteiger partial charge < -0.3 is 29.0 Å². The molecule has 1 aliphatic rings. The van der Waals surface area contributed by atoms with Gasteiger partial charge in [0.2, 0.25) is 0 Å². The Morgan fingerprint density at radius 1 is 0.506 bits per heavy atom. The van der Waals surface area contributed by atoms with Crippen LogP contribution in [-0.4, -0.2) is 37.5 Å².